The molecule has 1 rings (SSSR count). The maximum Gasteiger partial charge on any atom is 0.432 e. The van der Waals surface area contributed by atoms with Gasteiger partial charge in [-0.2, -0.15) is 30.7 Å². The van der Waals surface area contributed by atoms with Crippen molar-refractivity contribution in [3.05, 3.63) is 0 Å². The molecule has 144 valence electrons. The molecule has 0 heterocycles. The van der Waals surface area contributed by atoms with Crippen LogP contribution in [0.4, 0.5) is 61.5 Å². The third-order valence-electron chi connectivity index (χ3n) is 3.81. The van der Waals surface area contributed by atoms with Crippen molar-refractivity contribution < 1.29 is 61.5 Å². The molecule has 1 aliphatic carbocycles. The summed E-state index contributed by atoms with van der Waals surface area (Å²) in [5.41, 5.74) is -22.3. The van der Waals surface area contributed by atoms with Crippen LogP contribution in [0.1, 0.15) is 13.8 Å². The highest BCUT2D eigenvalue weighted by Crippen LogP contribution is 2.77. The minimum absolute atomic E-state index is 1.15. The number of rotatable bonds is 2. The van der Waals surface area contributed by atoms with Crippen LogP contribution in [0.15, 0.2) is 0 Å². The molecule has 24 heavy (non-hydrogen) atoms. The van der Waals surface area contributed by atoms with Crippen molar-refractivity contribution in [2.24, 2.45) is 0 Å². The lowest BCUT2D eigenvalue weighted by atomic mass is 9.81. The van der Waals surface area contributed by atoms with Crippen molar-refractivity contribution in [2.75, 3.05) is 0 Å². The second kappa shape index (κ2) is 4.40. The summed E-state index contributed by atoms with van der Waals surface area (Å²) >= 11 is 0. The van der Waals surface area contributed by atoms with Gasteiger partial charge in [0.05, 0.1) is 0 Å². The van der Waals surface area contributed by atoms with E-state index in [1.54, 1.807) is 0 Å². The first-order chi connectivity index (χ1) is 10.0. The van der Waals surface area contributed by atoms with Gasteiger partial charge in [-0.25, -0.2) is 30.7 Å². The smallest absolute Gasteiger partial charge is 0.226 e. The molecule has 0 aromatic rings. The van der Waals surface area contributed by atoms with Crippen LogP contribution in [0.25, 0.3) is 0 Å². The van der Waals surface area contributed by atoms with Gasteiger partial charge < -0.3 is 0 Å². The van der Waals surface area contributed by atoms with E-state index in [4.69, 9.17) is 0 Å². The third-order valence-corrected chi connectivity index (χ3v) is 3.81. The Bertz CT molecular complexity index is 483. The predicted molar refractivity (Wildman–Crippen MR) is 48.7 cm³/mol. The van der Waals surface area contributed by atoms with Gasteiger partial charge in [0.1, 0.15) is 0 Å². The molecule has 0 amide bonds. The standard InChI is InChI=1S/C10H6F14/c1-3(11,12)5(15)7(17,10(22,23)24)9(20,21)6(16,4(2,13)14)8(5,18)19/h1-2H3. The Balaban J connectivity index is 4.19. The molecule has 0 nitrogen and oxygen atoms in total. The molecule has 0 aliphatic heterocycles. The summed E-state index contributed by atoms with van der Waals surface area (Å²) in [5, 5.41) is 0. The Hall–Kier alpha value is -0.980. The van der Waals surface area contributed by atoms with E-state index in [0.29, 0.717) is 0 Å². The van der Waals surface area contributed by atoms with Crippen molar-refractivity contribution in [3.63, 3.8) is 0 Å². The van der Waals surface area contributed by atoms with E-state index in [0.717, 1.165) is 0 Å². The van der Waals surface area contributed by atoms with Gasteiger partial charge in [-0.1, -0.05) is 0 Å². The maximum atomic E-state index is 14.0. The fraction of sp³-hybridized carbons (Fsp3) is 1.00. The second-order valence-corrected chi connectivity index (χ2v) is 5.40. The molecule has 3 atom stereocenters. The van der Waals surface area contributed by atoms with E-state index in [1.165, 1.54) is 0 Å². The van der Waals surface area contributed by atoms with Crippen LogP contribution in [-0.4, -0.2) is 46.9 Å². The largest absolute Gasteiger partial charge is 0.432 e. The first-order valence-corrected chi connectivity index (χ1v) is 5.65. The van der Waals surface area contributed by atoms with Crippen molar-refractivity contribution in [3.8, 4) is 0 Å². The van der Waals surface area contributed by atoms with E-state index < -0.39 is 60.7 Å². The van der Waals surface area contributed by atoms with Gasteiger partial charge in [-0.15, -0.1) is 0 Å². The molecule has 14 heteroatoms. The Morgan fingerprint density at radius 3 is 0.875 bits per heavy atom. The average molecular weight is 392 g/mol. The van der Waals surface area contributed by atoms with Gasteiger partial charge >= 0.3 is 29.4 Å². The van der Waals surface area contributed by atoms with E-state index in [1.807, 2.05) is 0 Å². The summed E-state index contributed by atoms with van der Waals surface area (Å²) in [4.78, 5) is 0. The highest BCUT2D eigenvalue weighted by atomic mass is 19.4. The first-order valence-electron chi connectivity index (χ1n) is 5.65. The summed E-state index contributed by atoms with van der Waals surface area (Å²) < 4.78 is 186. The van der Waals surface area contributed by atoms with Crippen LogP contribution in [0.2, 0.25) is 0 Å². The molecule has 1 saturated carbocycles. The lowest BCUT2D eigenvalue weighted by Crippen LogP contribution is -2.71. The number of hydrogen-bond acceptors (Lipinski definition) is 0. The normalized spacial score (nSPS) is 40.0. The summed E-state index contributed by atoms with van der Waals surface area (Å²) in [7, 11) is 0. The Kier molecular flexibility index (Phi) is 3.86. The molecule has 0 N–H and O–H groups in total. The number of hydrogen-bond donors (Lipinski definition) is 0. The Labute approximate surface area is 123 Å². The summed E-state index contributed by atoms with van der Waals surface area (Å²) in [5.74, 6) is -27.7. The second-order valence-electron chi connectivity index (χ2n) is 5.40. The lowest BCUT2D eigenvalue weighted by Gasteiger charge is -2.40. The van der Waals surface area contributed by atoms with E-state index in [2.05, 4.69) is 0 Å². The predicted octanol–water partition coefficient (Wildman–Crippen LogP) is 5.27. The Morgan fingerprint density at radius 2 is 0.708 bits per heavy atom. The number of halogens is 14. The van der Waals surface area contributed by atoms with Crippen molar-refractivity contribution in [1.82, 2.24) is 0 Å². The van der Waals surface area contributed by atoms with Gasteiger partial charge in [0.2, 0.25) is 0 Å². The van der Waals surface area contributed by atoms with Crippen LogP contribution in [-0.2, 0) is 0 Å². The zero-order chi connectivity index (χ0) is 20.0. The van der Waals surface area contributed by atoms with Crippen LogP contribution in [0.3, 0.4) is 0 Å². The zero-order valence-corrected chi connectivity index (χ0v) is 11.3. The molecular weight excluding hydrogens is 386 g/mol. The minimum atomic E-state index is -7.66. The summed E-state index contributed by atoms with van der Waals surface area (Å²) in [6, 6.07) is 0. The monoisotopic (exact) mass is 392 g/mol. The van der Waals surface area contributed by atoms with Crippen molar-refractivity contribution in [2.45, 2.75) is 60.7 Å². The minimum Gasteiger partial charge on any atom is -0.226 e. The van der Waals surface area contributed by atoms with Crippen LogP contribution in [0.5, 0.6) is 0 Å². The molecule has 0 bridgehead atoms. The molecule has 0 saturated heterocycles. The van der Waals surface area contributed by atoms with Crippen molar-refractivity contribution in [1.29, 1.82) is 0 Å². The molecule has 0 aromatic carbocycles. The van der Waals surface area contributed by atoms with Crippen molar-refractivity contribution >= 4 is 0 Å². The number of alkyl halides is 14. The Morgan fingerprint density at radius 1 is 0.458 bits per heavy atom. The van der Waals surface area contributed by atoms with E-state index >= 15 is 0 Å². The van der Waals surface area contributed by atoms with E-state index in [9.17, 15) is 61.5 Å². The van der Waals surface area contributed by atoms with Gasteiger partial charge in [-0.05, 0) is 0 Å². The van der Waals surface area contributed by atoms with Gasteiger partial charge in [0, 0.05) is 13.8 Å². The van der Waals surface area contributed by atoms with Gasteiger partial charge in [0.25, 0.3) is 17.5 Å². The SMILES string of the molecule is CC(F)(F)C1(F)C(F)(F)C(F)(C(C)(F)F)C(F)(C(F)(F)F)C1(F)F. The molecular formula is C10H6F14. The van der Waals surface area contributed by atoms with Gasteiger partial charge in [0.15, 0.2) is 0 Å². The third kappa shape index (κ3) is 1.67. The highest BCUT2D eigenvalue weighted by Gasteiger charge is 3.09. The lowest BCUT2D eigenvalue weighted by molar-refractivity contribution is -0.365. The fourth-order valence-electron chi connectivity index (χ4n) is 2.61. The molecule has 0 spiro atoms. The quantitative estimate of drug-likeness (QED) is 0.562. The van der Waals surface area contributed by atoms with Crippen LogP contribution in [0, 0.1) is 0 Å². The van der Waals surface area contributed by atoms with E-state index in [-0.39, 0.29) is 0 Å². The van der Waals surface area contributed by atoms with Gasteiger partial charge in [-0.3, -0.25) is 0 Å². The van der Waals surface area contributed by atoms with Crippen LogP contribution >= 0.6 is 0 Å². The molecule has 0 radical (unpaired) electrons. The van der Waals surface area contributed by atoms with Crippen LogP contribution < -0.4 is 0 Å². The average Bonchev–Trinajstić information content (AvgIpc) is 2.36. The highest BCUT2D eigenvalue weighted by molar-refractivity contribution is 5.40. The summed E-state index contributed by atoms with van der Waals surface area (Å²) in [6.07, 6.45) is -7.60. The molecule has 0 aromatic heterocycles. The summed E-state index contributed by atoms with van der Waals surface area (Å²) in [6.45, 7) is -2.35. The maximum absolute atomic E-state index is 14.0. The fourth-order valence-corrected chi connectivity index (χ4v) is 2.61. The molecule has 1 fully saturated rings. The first kappa shape index (κ1) is 21.1. The topological polar surface area (TPSA) is 0 Å². The molecule has 3 unspecified atom stereocenters. The zero-order valence-electron chi connectivity index (χ0n) is 11.3. The molecule has 1 aliphatic rings.